The SMILES string of the molecule is CCCCc1nc2c(N)nc3cccnc3c2n1CCCCCC(=O)c1cc(F)c(N(C)C)c(F)c1.CN(C)c1c(F)cc(C(=O)O)cc1F.[2HH]. The molecule has 14 heteroatoms. The number of carbonyl (C=O) groups excluding carboxylic acids is 1. The fourth-order valence-electron chi connectivity index (χ4n) is 5.68. The number of anilines is 3. The Balaban J connectivity index is 0.000000395. The summed E-state index contributed by atoms with van der Waals surface area (Å²) in [6, 6.07) is 7.55. The number of carbonyl (C=O) groups is 2. The number of rotatable bonds is 13. The van der Waals surface area contributed by atoms with Gasteiger partial charge in [0.15, 0.2) is 11.6 Å². The monoisotopic (exact) mass is 698 g/mol. The van der Waals surface area contributed by atoms with E-state index >= 15 is 0 Å². The second-order valence-electron chi connectivity index (χ2n) is 12.3. The summed E-state index contributed by atoms with van der Waals surface area (Å²) in [4.78, 5) is 39.4. The fraction of sp³-hybridized carbons (Fsp3) is 0.361. The molecule has 5 aromatic rings. The summed E-state index contributed by atoms with van der Waals surface area (Å²) in [6.07, 6.45) is 7.08. The van der Waals surface area contributed by atoms with E-state index in [1.54, 1.807) is 20.3 Å². The molecule has 0 aliphatic rings. The molecule has 0 radical (unpaired) electrons. The Morgan fingerprint density at radius 1 is 0.840 bits per heavy atom. The molecule has 3 N–H and O–H groups in total. The molecule has 0 saturated heterocycles. The van der Waals surface area contributed by atoms with Crippen LogP contribution in [0.25, 0.3) is 22.1 Å². The van der Waals surface area contributed by atoms with E-state index in [0.29, 0.717) is 24.3 Å². The molecule has 10 nitrogen and oxygen atoms in total. The molecule has 0 aliphatic heterocycles. The second kappa shape index (κ2) is 16.4. The van der Waals surface area contributed by atoms with E-state index in [9.17, 15) is 27.2 Å². The number of aromatic carboxylic acids is 1. The summed E-state index contributed by atoms with van der Waals surface area (Å²) < 4.78 is 57.0. The van der Waals surface area contributed by atoms with E-state index < -0.39 is 34.8 Å². The van der Waals surface area contributed by atoms with Crippen molar-refractivity contribution in [1.29, 1.82) is 0 Å². The third kappa shape index (κ3) is 8.47. The number of nitrogens with two attached hydrogens (primary N) is 1. The van der Waals surface area contributed by atoms with Gasteiger partial charge in [0.25, 0.3) is 0 Å². The average molecular weight is 699 g/mol. The molecule has 50 heavy (non-hydrogen) atoms. The number of benzene rings is 2. The number of unbranched alkanes of at least 4 members (excludes halogenated alkanes) is 3. The number of hydrogen-bond donors (Lipinski definition) is 2. The predicted molar refractivity (Wildman–Crippen MR) is 189 cm³/mol. The Labute approximate surface area is 289 Å². The molecule has 0 fully saturated rings. The van der Waals surface area contributed by atoms with Gasteiger partial charge in [0.05, 0.1) is 11.1 Å². The van der Waals surface area contributed by atoms with Crippen LogP contribution in [0.1, 0.15) is 73.4 Å². The van der Waals surface area contributed by atoms with Gasteiger partial charge in [0, 0.05) is 60.8 Å². The number of Topliss-reactive ketones (excluding diaryl/α,β-unsaturated/α-hetero) is 1. The highest BCUT2D eigenvalue weighted by Crippen LogP contribution is 2.29. The highest BCUT2D eigenvalue weighted by atomic mass is 19.1. The van der Waals surface area contributed by atoms with Gasteiger partial charge in [0.1, 0.15) is 57.0 Å². The number of hydrogen-bond acceptors (Lipinski definition) is 8. The molecule has 0 saturated carbocycles. The summed E-state index contributed by atoms with van der Waals surface area (Å²) in [5, 5.41) is 8.52. The van der Waals surface area contributed by atoms with Crippen molar-refractivity contribution >= 4 is 51.0 Å². The molecule has 0 unspecified atom stereocenters. The molecule has 268 valence electrons. The van der Waals surface area contributed by atoms with E-state index in [4.69, 9.17) is 15.8 Å². The van der Waals surface area contributed by atoms with Crippen LogP contribution in [-0.2, 0) is 13.0 Å². The van der Waals surface area contributed by atoms with Crippen molar-refractivity contribution in [1.82, 2.24) is 19.5 Å². The number of fused-ring (bicyclic) bond motifs is 3. The standard InChI is InChI=1S/C27H32F2N6O.C9H9F2NO2.H2/c1-4-5-12-22-33-24-26(23-20(32-27(24)30)10-9-13-31-23)35(22)14-8-6-7-11-21(36)17-15-18(28)25(34(2)3)19(29)16-17;1-12(2)8-6(10)3-5(9(13)14)4-7(8)11;/h9-10,13,15-16H,4-8,11-12,14H2,1-3H3,(H2,30,32);3-4H,1-2H3,(H,13,14);1H/i;;1+1. The van der Waals surface area contributed by atoms with Crippen LogP contribution in [0.4, 0.5) is 34.8 Å². The van der Waals surface area contributed by atoms with E-state index in [2.05, 4.69) is 21.5 Å². The van der Waals surface area contributed by atoms with Gasteiger partial charge in [-0.15, -0.1) is 0 Å². The number of pyridine rings is 2. The van der Waals surface area contributed by atoms with Crippen LogP contribution in [0.2, 0.25) is 0 Å². The van der Waals surface area contributed by atoms with E-state index in [1.807, 2.05) is 12.1 Å². The van der Waals surface area contributed by atoms with Crippen LogP contribution < -0.4 is 15.5 Å². The Bertz CT molecular complexity index is 1970. The van der Waals surface area contributed by atoms with Gasteiger partial charge in [0.2, 0.25) is 0 Å². The zero-order chi connectivity index (χ0) is 36.7. The molecular weight excluding hydrogens is 654 g/mol. The molecule has 2 aromatic carbocycles. The summed E-state index contributed by atoms with van der Waals surface area (Å²) in [7, 11) is 6.07. The first-order valence-corrected chi connectivity index (χ1v) is 16.2. The lowest BCUT2D eigenvalue weighted by molar-refractivity contribution is 0.0695. The van der Waals surface area contributed by atoms with Crippen LogP contribution in [0.5, 0.6) is 0 Å². The molecular formula is C36H43F4N7O3. The maximum atomic E-state index is 14.3. The molecule has 0 spiro atoms. The zero-order valence-electron chi connectivity index (χ0n) is 28.7. The fourth-order valence-corrected chi connectivity index (χ4v) is 5.68. The number of ketones is 1. The molecule has 0 bridgehead atoms. The minimum Gasteiger partial charge on any atom is -0.478 e. The largest absolute Gasteiger partial charge is 0.478 e. The normalized spacial score (nSPS) is 11.1. The maximum Gasteiger partial charge on any atom is 0.335 e. The predicted octanol–water partition coefficient (Wildman–Crippen LogP) is 7.67. The Hall–Kier alpha value is -5.27. The third-order valence-corrected chi connectivity index (χ3v) is 8.08. The lowest BCUT2D eigenvalue weighted by atomic mass is 10.0. The smallest absolute Gasteiger partial charge is 0.335 e. The number of nitrogens with zero attached hydrogens (tertiary/aromatic N) is 6. The number of carboxylic acid groups (broad SMARTS) is 1. The van der Waals surface area contributed by atoms with Gasteiger partial charge >= 0.3 is 5.97 Å². The Morgan fingerprint density at radius 3 is 1.96 bits per heavy atom. The van der Waals surface area contributed by atoms with Gasteiger partial charge in [-0.2, -0.15) is 0 Å². The average Bonchev–Trinajstić information content (AvgIpc) is 3.41. The molecule has 3 heterocycles. The van der Waals surface area contributed by atoms with Crippen molar-refractivity contribution in [3.8, 4) is 0 Å². The van der Waals surface area contributed by atoms with Crippen LogP contribution in [0.15, 0.2) is 42.6 Å². The van der Waals surface area contributed by atoms with Crippen LogP contribution in [0, 0.1) is 23.3 Å². The van der Waals surface area contributed by atoms with Gasteiger partial charge in [-0.3, -0.25) is 9.78 Å². The molecule has 5 rings (SSSR count). The first-order chi connectivity index (χ1) is 23.7. The summed E-state index contributed by atoms with van der Waals surface area (Å²) in [5.41, 5.74) is 8.60. The summed E-state index contributed by atoms with van der Waals surface area (Å²) in [5.74, 6) is -3.49. The van der Waals surface area contributed by atoms with Crippen molar-refractivity contribution in [2.24, 2.45) is 0 Å². The van der Waals surface area contributed by atoms with Crippen molar-refractivity contribution in [2.45, 2.75) is 58.4 Å². The Kier molecular flexibility index (Phi) is 12.3. The molecule has 0 atom stereocenters. The number of carboxylic acids is 1. The van der Waals surface area contributed by atoms with Crippen LogP contribution in [-0.4, -0.2) is 64.6 Å². The van der Waals surface area contributed by atoms with Gasteiger partial charge in [-0.25, -0.2) is 32.3 Å². The van der Waals surface area contributed by atoms with Crippen LogP contribution in [0.3, 0.4) is 0 Å². The number of aryl methyl sites for hydroxylation is 2. The van der Waals surface area contributed by atoms with Crippen molar-refractivity contribution in [3.63, 3.8) is 0 Å². The maximum absolute atomic E-state index is 14.3. The van der Waals surface area contributed by atoms with E-state index in [0.717, 1.165) is 78.7 Å². The quantitative estimate of drug-likeness (QED) is 0.0723. The van der Waals surface area contributed by atoms with Gasteiger partial charge in [-0.1, -0.05) is 19.8 Å². The number of nitrogen functional groups attached to an aromatic ring is 1. The first-order valence-electron chi connectivity index (χ1n) is 16.2. The third-order valence-electron chi connectivity index (χ3n) is 8.08. The van der Waals surface area contributed by atoms with Crippen molar-refractivity contribution in [3.05, 3.63) is 82.8 Å². The minimum atomic E-state index is -1.35. The topological polar surface area (TPSA) is 130 Å². The summed E-state index contributed by atoms with van der Waals surface area (Å²) in [6.45, 7) is 2.85. The number of imidazole rings is 1. The van der Waals surface area contributed by atoms with Gasteiger partial charge < -0.3 is 25.2 Å². The van der Waals surface area contributed by atoms with Crippen molar-refractivity contribution < 1.29 is 33.7 Å². The van der Waals surface area contributed by atoms with E-state index in [1.165, 1.54) is 23.9 Å². The van der Waals surface area contributed by atoms with Crippen LogP contribution >= 0.6 is 0 Å². The molecule has 3 aromatic heterocycles. The second-order valence-corrected chi connectivity index (χ2v) is 12.3. The summed E-state index contributed by atoms with van der Waals surface area (Å²) >= 11 is 0. The highest BCUT2D eigenvalue weighted by molar-refractivity contribution is 6.04. The Morgan fingerprint density at radius 2 is 1.42 bits per heavy atom. The molecule has 0 amide bonds. The van der Waals surface area contributed by atoms with E-state index in [-0.39, 0.29) is 30.6 Å². The lowest BCUT2D eigenvalue weighted by Crippen LogP contribution is -2.14. The minimum absolute atomic E-state index is 0. The van der Waals surface area contributed by atoms with Gasteiger partial charge in [-0.05, 0) is 55.7 Å². The zero-order valence-corrected chi connectivity index (χ0v) is 28.7. The number of aromatic nitrogens is 4. The highest BCUT2D eigenvalue weighted by Gasteiger charge is 2.19. The first kappa shape index (κ1) is 37.5. The molecule has 0 aliphatic carbocycles. The lowest BCUT2D eigenvalue weighted by Gasteiger charge is -2.15. The van der Waals surface area contributed by atoms with Crippen molar-refractivity contribution in [2.75, 3.05) is 43.7 Å². The number of halogens is 4.